The van der Waals surface area contributed by atoms with E-state index in [1.54, 1.807) is 36.2 Å². The molecule has 1 amide bonds. The quantitative estimate of drug-likeness (QED) is 0.722. The molecule has 0 spiro atoms. The fourth-order valence-electron chi connectivity index (χ4n) is 2.29. The fourth-order valence-corrected chi connectivity index (χ4v) is 2.45. The topological polar surface area (TPSA) is 86.4 Å². The van der Waals surface area contributed by atoms with Crippen molar-refractivity contribution in [3.8, 4) is 11.5 Å². The van der Waals surface area contributed by atoms with E-state index in [1.807, 2.05) is 0 Å². The van der Waals surface area contributed by atoms with Gasteiger partial charge in [0.1, 0.15) is 5.69 Å². The minimum atomic E-state index is -0.523. The number of rotatable bonds is 4. The molecule has 0 fully saturated rings. The van der Waals surface area contributed by atoms with Crippen molar-refractivity contribution in [1.29, 1.82) is 0 Å². The fraction of sp³-hybridized carbons (Fsp3) is 0.118. The van der Waals surface area contributed by atoms with E-state index in [-0.39, 0.29) is 11.3 Å². The monoisotopic (exact) mass is 359 g/mol. The molecule has 0 aliphatic rings. The molecular formula is C17H14ClN3O4. The summed E-state index contributed by atoms with van der Waals surface area (Å²) in [6.45, 7) is 0. The second-order valence-corrected chi connectivity index (χ2v) is 5.56. The third kappa shape index (κ3) is 3.41. The zero-order chi connectivity index (χ0) is 18.0. The molecule has 0 aliphatic heterocycles. The van der Waals surface area contributed by atoms with Crippen molar-refractivity contribution in [2.75, 3.05) is 12.4 Å². The van der Waals surface area contributed by atoms with Crippen molar-refractivity contribution < 1.29 is 18.7 Å². The van der Waals surface area contributed by atoms with Gasteiger partial charge in [-0.2, -0.15) is 5.10 Å². The Morgan fingerprint density at radius 1 is 1.28 bits per heavy atom. The first kappa shape index (κ1) is 16.8. The van der Waals surface area contributed by atoms with E-state index in [2.05, 4.69) is 15.2 Å². The molecule has 25 heavy (non-hydrogen) atoms. The number of benzene rings is 1. The van der Waals surface area contributed by atoms with Gasteiger partial charge in [-0.25, -0.2) is 4.79 Å². The van der Waals surface area contributed by atoms with Crippen molar-refractivity contribution in [1.82, 2.24) is 9.78 Å². The van der Waals surface area contributed by atoms with Crippen LogP contribution in [0.5, 0.6) is 0 Å². The highest BCUT2D eigenvalue weighted by atomic mass is 35.5. The number of aryl methyl sites for hydroxylation is 1. The lowest BCUT2D eigenvalue weighted by atomic mass is 10.2. The molecule has 8 heteroatoms. The molecular weight excluding hydrogens is 346 g/mol. The van der Waals surface area contributed by atoms with Crippen molar-refractivity contribution in [2.24, 2.45) is 7.05 Å². The van der Waals surface area contributed by atoms with Crippen molar-refractivity contribution in [3.05, 3.63) is 58.9 Å². The number of methoxy groups -OCH3 is 1. The molecule has 0 atom stereocenters. The van der Waals surface area contributed by atoms with Crippen LogP contribution in [0.3, 0.4) is 0 Å². The van der Waals surface area contributed by atoms with Gasteiger partial charge >= 0.3 is 5.97 Å². The number of nitrogens with one attached hydrogen (secondary N) is 1. The van der Waals surface area contributed by atoms with Gasteiger partial charge in [0.15, 0.2) is 11.5 Å². The predicted octanol–water partition coefficient (Wildman–Crippen LogP) is 3.37. The van der Waals surface area contributed by atoms with Crippen LogP contribution in [0.25, 0.3) is 11.5 Å². The Balaban J connectivity index is 1.86. The molecule has 3 rings (SSSR count). The zero-order valence-corrected chi connectivity index (χ0v) is 14.2. The lowest BCUT2D eigenvalue weighted by Crippen LogP contribution is -2.14. The summed E-state index contributed by atoms with van der Waals surface area (Å²) < 4.78 is 11.5. The third-order valence-corrected chi connectivity index (χ3v) is 3.85. The Bertz CT molecular complexity index is 932. The number of carbonyl (C=O) groups is 2. The number of halogens is 1. The first-order chi connectivity index (χ1) is 12.0. The van der Waals surface area contributed by atoms with Gasteiger partial charge in [0.25, 0.3) is 5.91 Å². The number of esters is 1. The maximum absolute atomic E-state index is 12.5. The van der Waals surface area contributed by atoms with E-state index in [1.165, 1.54) is 25.3 Å². The first-order valence-electron chi connectivity index (χ1n) is 7.26. The summed E-state index contributed by atoms with van der Waals surface area (Å²) in [5.41, 5.74) is 1.41. The molecule has 0 radical (unpaired) electrons. The minimum absolute atomic E-state index is 0.188. The van der Waals surface area contributed by atoms with E-state index < -0.39 is 11.9 Å². The number of hydrogen-bond acceptors (Lipinski definition) is 5. The third-order valence-electron chi connectivity index (χ3n) is 3.52. The summed E-state index contributed by atoms with van der Waals surface area (Å²) in [5, 5.41) is 7.12. The smallest absolute Gasteiger partial charge is 0.337 e. The molecule has 2 aromatic heterocycles. The van der Waals surface area contributed by atoms with E-state index in [0.29, 0.717) is 22.2 Å². The second kappa shape index (κ2) is 6.82. The molecule has 0 saturated carbocycles. The van der Waals surface area contributed by atoms with Crippen LogP contribution in [0.1, 0.15) is 20.8 Å². The Labute approximate surface area is 148 Å². The van der Waals surface area contributed by atoms with E-state index in [9.17, 15) is 9.59 Å². The van der Waals surface area contributed by atoms with Crippen LogP contribution in [0.2, 0.25) is 5.02 Å². The average Bonchev–Trinajstić information content (AvgIpc) is 3.25. The number of anilines is 1. The molecule has 2 heterocycles. The molecule has 7 nitrogen and oxygen atoms in total. The summed E-state index contributed by atoms with van der Waals surface area (Å²) in [6.07, 6.45) is 1.54. The number of amides is 1. The summed E-state index contributed by atoms with van der Waals surface area (Å²) in [4.78, 5) is 24.1. The lowest BCUT2D eigenvalue weighted by molar-refractivity contribution is 0.0600. The predicted molar refractivity (Wildman–Crippen MR) is 91.7 cm³/mol. The minimum Gasteiger partial charge on any atom is -0.465 e. The number of ether oxygens (including phenoxy) is 1. The lowest BCUT2D eigenvalue weighted by Gasteiger charge is -2.07. The molecule has 0 aliphatic carbocycles. The second-order valence-electron chi connectivity index (χ2n) is 5.16. The van der Waals surface area contributed by atoms with Gasteiger partial charge in [0.05, 0.1) is 29.6 Å². The molecule has 0 bridgehead atoms. The summed E-state index contributed by atoms with van der Waals surface area (Å²) in [5.74, 6) is -0.387. The highest BCUT2D eigenvalue weighted by Gasteiger charge is 2.17. The first-order valence-corrected chi connectivity index (χ1v) is 7.64. The number of furan rings is 1. The number of hydrogen-bond donors (Lipinski definition) is 1. The van der Waals surface area contributed by atoms with Gasteiger partial charge < -0.3 is 14.5 Å². The molecule has 128 valence electrons. The normalized spacial score (nSPS) is 10.5. The molecule has 0 unspecified atom stereocenters. The Hall–Kier alpha value is -3.06. The van der Waals surface area contributed by atoms with Crippen LogP contribution < -0.4 is 5.32 Å². The van der Waals surface area contributed by atoms with Crippen LogP contribution in [-0.2, 0) is 11.8 Å². The van der Waals surface area contributed by atoms with E-state index >= 15 is 0 Å². The maximum atomic E-state index is 12.5. The zero-order valence-electron chi connectivity index (χ0n) is 13.4. The van der Waals surface area contributed by atoms with Gasteiger partial charge in [-0.05, 0) is 30.3 Å². The number of aromatic nitrogens is 2. The summed E-state index contributed by atoms with van der Waals surface area (Å²) in [6, 6.07) is 9.60. The Morgan fingerprint density at radius 2 is 2.08 bits per heavy atom. The van der Waals surface area contributed by atoms with Gasteiger partial charge in [-0.15, -0.1) is 0 Å². The van der Waals surface area contributed by atoms with Gasteiger partial charge in [0, 0.05) is 13.1 Å². The number of carbonyl (C=O) groups excluding carboxylic acids is 2. The van der Waals surface area contributed by atoms with Gasteiger partial charge in [-0.1, -0.05) is 11.6 Å². The summed E-state index contributed by atoms with van der Waals surface area (Å²) in [7, 11) is 2.98. The van der Waals surface area contributed by atoms with E-state index in [4.69, 9.17) is 16.0 Å². The van der Waals surface area contributed by atoms with Crippen molar-refractivity contribution >= 4 is 29.2 Å². The molecule has 3 aromatic rings. The van der Waals surface area contributed by atoms with Gasteiger partial charge in [-0.3, -0.25) is 9.48 Å². The van der Waals surface area contributed by atoms with Crippen LogP contribution in [-0.4, -0.2) is 28.8 Å². The van der Waals surface area contributed by atoms with Crippen molar-refractivity contribution in [3.63, 3.8) is 0 Å². The highest BCUT2D eigenvalue weighted by molar-refractivity contribution is 6.34. The maximum Gasteiger partial charge on any atom is 0.337 e. The Morgan fingerprint density at radius 3 is 2.76 bits per heavy atom. The van der Waals surface area contributed by atoms with Crippen LogP contribution >= 0.6 is 11.6 Å². The van der Waals surface area contributed by atoms with Crippen LogP contribution in [0.4, 0.5) is 5.69 Å². The van der Waals surface area contributed by atoms with E-state index in [0.717, 1.165) is 0 Å². The standard InChI is InChI=1S/C17H14ClN3O4/c1-21-14(15-4-3-7-25-15)9-13(20-21)16(22)19-12-8-10(17(23)24-2)5-6-11(12)18/h3-9H,1-2H3,(H,19,22). The SMILES string of the molecule is COC(=O)c1ccc(Cl)c(NC(=O)c2cc(-c3ccco3)n(C)n2)c1. The highest BCUT2D eigenvalue weighted by Crippen LogP contribution is 2.25. The molecule has 1 aromatic carbocycles. The van der Waals surface area contributed by atoms with Crippen molar-refractivity contribution in [2.45, 2.75) is 0 Å². The number of nitrogens with zero attached hydrogens (tertiary/aromatic N) is 2. The van der Waals surface area contributed by atoms with Gasteiger partial charge in [0.2, 0.25) is 0 Å². The summed E-state index contributed by atoms with van der Waals surface area (Å²) >= 11 is 6.09. The molecule has 1 N–H and O–H groups in total. The largest absolute Gasteiger partial charge is 0.465 e. The Kier molecular flexibility index (Phi) is 4.58. The van der Waals surface area contributed by atoms with Crippen LogP contribution in [0, 0.1) is 0 Å². The van der Waals surface area contributed by atoms with Crippen LogP contribution in [0.15, 0.2) is 47.1 Å². The average molecular weight is 360 g/mol. The molecule has 0 saturated heterocycles.